The molecule has 202 valence electrons. The summed E-state index contributed by atoms with van der Waals surface area (Å²) >= 11 is 0. The first-order valence-electron chi connectivity index (χ1n) is 13.2. The minimum absolute atomic E-state index is 0.00959. The molecule has 0 spiro atoms. The number of hydrogen-bond acceptors (Lipinski definition) is 4. The lowest BCUT2D eigenvalue weighted by atomic mass is 10.0. The molecule has 1 aromatic heterocycles. The van der Waals surface area contributed by atoms with Gasteiger partial charge in [-0.2, -0.15) is 5.10 Å². The van der Waals surface area contributed by atoms with E-state index in [0.717, 1.165) is 24.2 Å². The Morgan fingerprint density at radius 3 is 2.54 bits per heavy atom. The van der Waals surface area contributed by atoms with Gasteiger partial charge in [-0.3, -0.25) is 4.79 Å². The molecule has 0 aliphatic carbocycles. The molecule has 0 N–H and O–H groups in total. The van der Waals surface area contributed by atoms with Gasteiger partial charge in [-0.1, -0.05) is 50.2 Å². The molecular formula is C31H31F2N3O3. The molecule has 0 bridgehead atoms. The van der Waals surface area contributed by atoms with Crippen molar-refractivity contribution in [1.29, 1.82) is 0 Å². The summed E-state index contributed by atoms with van der Waals surface area (Å²) in [5.41, 5.74) is 2.14. The molecule has 8 heteroatoms. The van der Waals surface area contributed by atoms with Crippen LogP contribution in [0.2, 0.25) is 0 Å². The maximum absolute atomic E-state index is 14.7. The summed E-state index contributed by atoms with van der Waals surface area (Å²) in [6.07, 6.45) is 1.57. The predicted octanol–water partition coefficient (Wildman–Crippen LogP) is 6.89. The number of rotatable bonds is 9. The van der Waals surface area contributed by atoms with Crippen LogP contribution in [0.4, 0.5) is 8.78 Å². The fourth-order valence-corrected chi connectivity index (χ4v) is 4.80. The molecule has 0 saturated carbocycles. The molecule has 1 amide bonds. The van der Waals surface area contributed by atoms with Gasteiger partial charge in [-0.05, 0) is 55.2 Å². The average molecular weight is 532 g/mol. The standard InChI is InChI=1S/C31H31F2N3O3/c1-21(2)29-27(20-35(19-25-14-9-17-38-25)30(37)26-15-6-7-16-28(26)33)31(39-24-13-8-10-22(32)18-24)36(34-29)23-11-4-3-5-12-23/h3-8,10-13,15-16,18,21,25H,9,14,17,19-20H2,1-2H3. The fraction of sp³-hybridized carbons (Fsp3) is 0.290. The van der Waals surface area contributed by atoms with Crippen molar-refractivity contribution >= 4 is 5.91 Å². The van der Waals surface area contributed by atoms with Crippen molar-refractivity contribution in [3.05, 3.63) is 107 Å². The van der Waals surface area contributed by atoms with Crippen LogP contribution in [0.3, 0.4) is 0 Å². The first kappa shape index (κ1) is 26.6. The van der Waals surface area contributed by atoms with Crippen LogP contribution in [-0.2, 0) is 11.3 Å². The second-order valence-corrected chi connectivity index (χ2v) is 9.93. The Morgan fingerprint density at radius 2 is 1.85 bits per heavy atom. The van der Waals surface area contributed by atoms with Gasteiger partial charge in [0, 0.05) is 19.2 Å². The van der Waals surface area contributed by atoms with Crippen molar-refractivity contribution in [2.45, 2.75) is 45.3 Å². The van der Waals surface area contributed by atoms with E-state index in [1.807, 2.05) is 44.2 Å². The van der Waals surface area contributed by atoms with Gasteiger partial charge in [0.05, 0.1) is 35.2 Å². The van der Waals surface area contributed by atoms with Crippen LogP contribution in [0.25, 0.3) is 5.69 Å². The number of nitrogens with zero attached hydrogens (tertiary/aromatic N) is 3. The van der Waals surface area contributed by atoms with E-state index in [1.54, 1.807) is 33.8 Å². The lowest BCUT2D eigenvalue weighted by Crippen LogP contribution is -2.37. The summed E-state index contributed by atoms with van der Waals surface area (Å²) in [7, 11) is 0. The second kappa shape index (κ2) is 11.8. The number of carbonyl (C=O) groups excluding carboxylic acids is 1. The minimum Gasteiger partial charge on any atom is -0.438 e. The summed E-state index contributed by atoms with van der Waals surface area (Å²) in [5, 5.41) is 4.89. The Kier molecular flexibility index (Phi) is 8.02. The maximum atomic E-state index is 14.7. The van der Waals surface area contributed by atoms with Gasteiger partial charge in [0.2, 0.25) is 5.88 Å². The molecule has 1 aliphatic heterocycles. The third kappa shape index (κ3) is 6.01. The number of amides is 1. The minimum atomic E-state index is -0.583. The van der Waals surface area contributed by atoms with E-state index in [4.69, 9.17) is 14.6 Å². The molecule has 6 nitrogen and oxygen atoms in total. The zero-order valence-corrected chi connectivity index (χ0v) is 22.0. The fourth-order valence-electron chi connectivity index (χ4n) is 4.80. The van der Waals surface area contributed by atoms with E-state index in [2.05, 4.69) is 0 Å². The van der Waals surface area contributed by atoms with Crippen LogP contribution in [0.5, 0.6) is 11.6 Å². The topological polar surface area (TPSA) is 56.6 Å². The van der Waals surface area contributed by atoms with Gasteiger partial charge < -0.3 is 14.4 Å². The van der Waals surface area contributed by atoms with Crippen molar-refractivity contribution in [3.63, 3.8) is 0 Å². The van der Waals surface area contributed by atoms with Crippen LogP contribution in [0.15, 0.2) is 78.9 Å². The van der Waals surface area contributed by atoms with Crippen molar-refractivity contribution < 1.29 is 23.0 Å². The summed E-state index contributed by atoms with van der Waals surface area (Å²) in [4.78, 5) is 15.3. The van der Waals surface area contributed by atoms with Gasteiger partial charge in [-0.25, -0.2) is 13.5 Å². The highest BCUT2D eigenvalue weighted by Gasteiger charge is 2.30. The van der Waals surface area contributed by atoms with E-state index >= 15 is 0 Å². The highest BCUT2D eigenvalue weighted by atomic mass is 19.1. The Labute approximate surface area is 226 Å². The second-order valence-electron chi connectivity index (χ2n) is 9.93. The Balaban J connectivity index is 1.62. The summed E-state index contributed by atoms with van der Waals surface area (Å²) < 4.78 is 42.7. The number of aromatic nitrogens is 2. The molecule has 1 aliphatic rings. The van der Waals surface area contributed by atoms with Crippen molar-refractivity contribution in [3.8, 4) is 17.3 Å². The van der Waals surface area contributed by atoms with Crippen LogP contribution < -0.4 is 4.74 Å². The Bertz CT molecular complexity index is 1430. The van der Waals surface area contributed by atoms with Crippen molar-refractivity contribution in [1.82, 2.24) is 14.7 Å². The molecule has 4 aromatic rings. The van der Waals surface area contributed by atoms with Crippen LogP contribution in [0.1, 0.15) is 54.2 Å². The number of hydrogen-bond donors (Lipinski definition) is 0. The number of para-hydroxylation sites is 1. The van der Waals surface area contributed by atoms with Crippen LogP contribution in [0, 0.1) is 11.6 Å². The molecule has 0 radical (unpaired) electrons. The highest BCUT2D eigenvalue weighted by Crippen LogP contribution is 2.35. The van der Waals surface area contributed by atoms with Crippen LogP contribution in [-0.4, -0.2) is 39.8 Å². The lowest BCUT2D eigenvalue weighted by molar-refractivity contribution is 0.0501. The van der Waals surface area contributed by atoms with Gasteiger partial charge in [-0.15, -0.1) is 0 Å². The smallest absolute Gasteiger partial charge is 0.257 e. The van der Waals surface area contributed by atoms with E-state index in [1.165, 1.54) is 24.3 Å². The number of halogens is 2. The molecule has 2 heterocycles. The van der Waals surface area contributed by atoms with Crippen LogP contribution >= 0.6 is 0 Å². The molecule has 39 heavy (non-hydrogen) atoms. The molecule has 1 fully saturated rings. The van der Waals surface area contributed by atoms with Gasteiger partial charge in [0.15, 0.2) is 0 Å². The summed E-state index contributed by atoms with van der Waals surface area (Å²) in [5.74, 6) is -0.807. The maximum Gasteiger partial charge on any atom is 0.257 e. The van der Waals surface area contributed by atoms with E-state index in [9.17, 15) is 13.6 Å². The molecule has 5 rings (SSSR count). The molecule has 1 saturated heterocycles. The number of benzene rings is 3. The van der Waals surface area contributed by atoms with Gasteiger partial charge in [0.1, 0.15) is 17.4 Å². The van der Waals surface area contributed by atoms with Crippen molar-refractivity contribution in [2.75, 3.05) is 13.2 Å². The zero-order valence-electron chi connectivity index (χ0n) is 22.0. The highest BCUT2D eigenvalue weighted by molar-refractivity contribution is 5.94. The first-order valence-corrected chi connectivity index (χ1v) is 13.2. The quantitative estimate of drug-likeness (QED) is 0.236. The first-order chi connectivity index (χ1) is 18.9. The van der Waals surface area contributed by atoms with Gasteiger partial charge >= 0.3 is 0 Å². The third-order valence-electron chi connectivity index (χ3n) is 6.71. The van der Waals surface area contributed by atoms with E-state index < -0.39 is 17.5 Å². The lowest BCUT2D eigenvalue weighted by Gasteiger charge is -2.26. The Morgan fingerprint density at radius 1 is 1.08 bits per heavy atom. The summed E-state index contributed by atoms with van der Waals surface area (Å²) in [6.45, 7) is 5.05. The van der Waals surface area contributed by atoms with E-state index in [-0.39, 0.29) is 24.1 Å². The molecule has 1 atom stereocenters. The van der Waals surface area contributed by atoms with E-state index in [0.29, 0.717) is 30.3 Å². The SMILES string of the molecule is CC(C)c1nn(-c2ccccc2)c(Oc2cccc(F)c2)c1CN(CC1CCCO1)C(=O)c1ccccc1F. The molecule has 1 unspecified atom stereocenters. The zero-order chi connectivity index (χ0) is 27.4. The normalized spacial score (nSPS) is 15.1. The predicted molar refractivity (Wildman–Crippen MR) is 144 cm³/mol. The summed E-state index contributed by atoms with van der Waals surface area (Å²) in [6, 6.07) is 21.3. The largest absolute Gasteiger partial charge is 0.438 e. The average Bonchev–Trinajstić information content (AvgIpc) is 3.57. The Hall–Kier alpha value is -4.04. The third-order valence-corrected chi connectivity index (χ3v) is 6.71. The molecular weight excluding hydrogens is 500 g/mol. The van der Waals surface area contributed by atoms with Gasteiger partial charge in [0.25, 0.3) is 5.91 Å². The number of carbonyl (C=O) groups is 1. The number of ether oxygens (including phenoxy) is 2. The van der Waals surface area contributed by atoms with Crippen molar-refractivity contribution in [2.24, 2.45) is 0 Å². The molecule has 3 aromatic carbocycles. The monoisotopic (exact) mass is 531 g/mol.